The highest BCUT2D eigenvalue weighted by Gasteiger charge is 2.18. The molecule has 1 rings (SSSR count). The monoisotopic (exact) mass is 231 g/mol. The van der Waals surface area contributed by atoms with Gasteiger partial charge in [-0.2, -0.15) is 0 Å². The van der Waals surface area contributed by atoms with E-state index in [1.807, 2.05) is 0 Å². The number of nitro benzene ring substituents is 1. The smallest absolute Gasteiger partial charge is 0.310 e. The van der Waals surface area contributed by atoms with E-state index in [-0.39, 0.29) is 0 Å². The third-order valence-electron chi connectivity index (χ3n) is 1.86. The molecule has 0 N–H and O–H groups in total. The van der Waals surface area contributed by atoms with E-state index < -0.39 is 40.2 Å². The normalized spacial score (nSPS) is 9.94. The summed E-state index contributed by atoms with van der Waals surface area (Å²) in [5.74, 6) is -3.46. The molecule has 0 saturated heterocycles. The van der Waals surface area contributed by atoms with Gasteiger partial charge in [-0.1, -0.05) is 0 Å². The topological polar surface area (TPSA) is 69.4 Å². The van der Waals surface area contributed by atoms with Crippen LogP contribution in [0.4, 0.5) is 14.5 Å². The van der Waals surface area contributed by atoms with Crippen molar-refractivity contribution in [1.29, 1.82) is 0 Å². The van der Waals surface area contributed by atoms with Crippen molar-refractivity contribution in [2.24, 2.45) is 0 Å². The average molecular weight is 231 g/mol. The Morgan fingerprint density at radius 2 is 2.12 bits per heavy atom. The molecule has 5 nitrogen and oxygen atoms in total. The predicted molar refractivity (Wildman–Crippen MR) is 48.7 cm³/mol. The number of non-ortho nitro benzene ring substituents is 1. The molecule has 0 aliphatic carbocycles. The Morgan fingerprint density at radius 3 is 2.62 bits per heavy atom. The van der Waals surface area contributed by atoms with Crippen molar-refractivity contribution in [1.82, 2.24) is 0 Å². The molecule has 7 heteroatoms. The lowest BCUT2D eigenvalue weighted by Crippen LogP contribution is -2.08. The maximum absolute atomic E-state index is 13.1. The van der Waals surface area contributed by atoms with E-state index >= 15 is 0 Å². The number of hydrogen-bond acceptors (Lipinski definition) is 4. The Balaban J connectivity index is 3.16. The average Bonchev–Trinajstić information content (AvgIpc) is 2.23. The summed E-state index contributed by atoms with van der Waals surface area (Å²) in [5.41, 5.74) is -1.02. The summed E-state index contributed by atoms with van der Waals surface area (Å²) in [5, 5.41) is 10.4. The first-order valence-corrected chi connectivity index (χ1v) is 4.15. The number of rotatable bonds is 3. The molecule has 0 spiro atoms. The van der Waals surface area contributed by atoms with E-state index in [0.717, 1.165) is 13.2 Å². The van der Waals surface area contributed by atoms with Gasteiger partial charge in [-0.15, -0.1) is 0 Å². The van der Waals surface area contributed by atoms with Crippen LogP contribution in [0, 0.1) is 21.7 Å². The van der Waals surface area contributed by atoms with E-state index in [9.17, 15) is 23.7 Å². The lowest BCUT2D eigenvalue weighted by molar-refractivity contribution is -0.385. The van der Waals surface area contributed by atoms with Crippen LogP contribution in [0.5, 0.6) is 0 Å². The lowest BCUT2D eigenvalue weighted by atomic mass is 10.1. The van der Waals surface area contributed by atoms with Gasteiger partial charge >= 0.3 is 5.97 Å². The Labute approximate surface area is 88.8 Å². The van der Waals surface area contributed by atoms with Crippen LogP contribution in [0.3, 0.4) is 0 Å². The van der Waals surface area contributed by atoms with Crippen molar-refractivity contribution in [2.75, 3.05) is 7.11 Å². The summed E-state index contributed by atoms with van der Waals surface area (Å²) < 4.78 is 30.3. The number of methoxy groups -OCH3 is 1. The van der Waals surface area contributed by atoms with Gasteiger partial charge in [0, 0.05) is 11.6 Å². The number of hydrogen-bond donors (Lipinski definition) is 0. The summed E-state index contributed by atoms with van der Waals surface area (Å²) in [7, 11) is 1.08. The van der Waals surface area contributed by atoms with Crippen molar-refractivity contribution < 1.29 is 23.2 Å². The first-order valence-electron chi connectivity index (χ1n) is 4.15. The Kier molecular flexibility index (Phi) is 3.49. The van der Waals surface area contributed by atoms with Crippen LogP contribution in [0.2, 0.25) is 0 Å². The largest absolute Gasteiger partial charge is 0.469 e. The van der Waals surface area contributed by atoms with Crippen LogP contribution in [-0.4, -0.2) is 18.0 Å². The molecular weight excluding hydrogens is 224 g/mol. The molecule has 0 aliphatic heterocycles. The molecular formula is C9H7F2NO4. The molecule has 0 fully saturated rings. The van der Waals surface area contributed by atoms with Crippen LogP contribution in [0.1, 0.15) is 5.56 Å². The Bertz CT molecular complexity index is 447. The van der Waals surface area contributed by atoms with Crippen molar-refractivity contribution in [3.8, 4) is 0 Å². The van der Waals surface area contributed by atoms with Crippen LogP contribution >= 0.6 is 0 Å². The zero-order chi connectivity index (χ0) is 12.3. The summed E-state index contributed by atoms with van der Waals surface area (Å²) in [6.45, 7) is 0. The molecule has 0 saturated carbocycles. The fourth-order valence-electron chi connectivity index (χ4n) is 1.09. The number of esters is 1. The Hall–Kier alpha value is -2.05. The molecule has 0 heterocycles. The molecule has 0 bridgehead atoms. The molecule has 0 aliphatic rings. The zero-order valence-electron chi connectivity index (χ0n) is 8.20. The quantitative estimate of drug-likeness (QED) is 0.450. The number of benzene rings is 1. The second kappa shape index (κ2) is 4.65. The van der Waals surface area contributed by atoms with Gasteiger partial charge in [0.2, 0.25) is 0 Å². The third kappa shape index (κ3) is 2.50. The number of halogens is 2. The molecule has 16 heavy (non-hydrogen) atoms. The molecule has 1 aromatic rings. The van der Waals surface area contributed by atoms with Crippen molar-refractivity contribution in [3.05, 3.63) is 39.4 Å². The van der Waals surface area contributed by atoms with E-state index in [4.69, 9.17) is 0 Å². The number of nitro groups is 1. The minimum atomic E-state index is -1.37. The van der Waals surface area contributed by atoms with Crippen LogP contribution in [0.25, 0.3) is 0 Å². The molecule has 86 valence electrons. The first-order chi connectivity index (χ1) is 7.45. The van der Waals surface area contributed by atoms with E-state index in [0.29, 0.717) is 6.07 Å². The number of carbonyl (C=O) groups excluding carboxylic acids is 1. The summed E-state index contributed by atoms with van der Waals surface area (Å²) in [6.07, 6.45) is -0.555. The summed E-state index contributed by atoms with van der Waals surface area (Å²) in [6, 6.07) is 1.26. The second-order valence-electron chi connectivity index (χ2n) is 2.91. The Morgan fingerprint density at radius 1 is 1.50 bits per heavy atom. The fourth-order valence-corrected chi connectivity index (χ4v) is 1.09. The summed E-state index contributed by atoms with van der Waals surface area (Å²) >= 11 is 0. The molecule has 1 aromatic carbocycles. The van der Waals surface area contributed by atoms with E-state index in [2.05, 4.69) is 4.74 Å². The minimum Gasteiger partial charge on any atom is -0.469 e. The molecule has 0 amide bonds. The number of nitrogens with zero attached hydrogens (tertiary/aromatic N) is 1. The highest BCUT2D eigenvalue weighted by Crippen LogP contribution is 2.21. The van der Waals surface area contributed by atoms with E-state index in [1.54, 1.807) is 0 Å². The highest BCUT2D eigenvalue weighted by molar-refractivity contribution is 5.72. The van der Waals surface area contributed by atoms with Gasteiger partial charge in [0.1, 0.15) is 0 Å². The van der Waals surface area contributed by atoms with Crippen LogP contribution in [0.15, 0.2) is 12.1 Å². The highest BCUT2D eigenvalue weighted by atomic mass is 19.2. The molecule has 0 aromatic heterocycles. The van der Waals surface area contributed by atoms with Crippen molar-refractivity contribution in [2.45, 2.75) is 6.42 Å². The van der Waals surface area contributed by atoms with Gasteiger partial charge in [-0.05, 0) is 0 Å². The maximum atomic E-state index is 13.1. The van der Waals surface area contributed by atoms with E-state index in [1.165, 1.54) is 0 Å². The van der Waals surface area contributed by atoms with Gasteiger partial charge in [0.25, 0.3) is 5.69 Å². The first kappa shape index (κ1) is 12.0. The molecule has 0 atom stereocenters. The number of ether oxygens (including phenoxy) is 1. The molecule has 0 unspecified atom stereocenters. The minimum absolute atomic E-state index is 0.404. The maximum Gasteiger partial charge on any atom is 0.310 e. The summed E-state index contributed by atoms with van der Waals surface area (Å²) in [4.78, 5) is 20.3. The van der Waals surface area contributed by atoms with Crippen molar-refractivity contribution in [3.63, 3.8) is 0 Å². The van der Waals surface area contributed by atoms with Gasteiger partial charge < -0.3 is 4.74 Å². The zero-order valence-corrected chi connectivity index (χ0v) is 8.20. The standard InChI is InChI=1S/C9H7F2NO4/c1-16-8(13)3-5-2-6(12(14)15)4-7(10)9(5)11/h2,4H,3H2,1H3. The van der Waals surface area contributed by atoms with Gasteiger partial charge in [0.15, 0.2) is 11.6 Å². The second-order valence-corrected chi connectivity index (χ2v) is 2.91. The van der Waals surface area contributed by atoms with Crippen molar-refractivity contribution >= 4 is 11.7 Å². The number of carbonyl (C=O) groups is 1. The third-order valence-corrected chi connectivity index (χ3v) is 1.86. The predicted octanol–water partition coefficient (Wildman–Crippen LogP) is 1.59. The van der Waals surface area contributed by atoms with Gasteiger partial charge in [-0.3, -0.25) is 14.9 Å². The van der Waals surface area contributed by atoms with Crippen LogP contribution < -0.4 is 0 Å². The molecule has 0 radical (unpaired) electrons. The SMILES string of the molecule is COC(=O)Cc1cc([N+](=O)[O-])cc(F)c1F. The fraction of sp³-hybridized carbons (Fsp3) is 0.222. The van der Waals surface area contributed by atoms with Gasteiger partial charge in [-0.25, -0.2) is 8.78 Å². The van der Waals surface area contributed by atoms with Gasteiger partial charge in [0.05, 0.1) is 24.5 Å². The lowest BCUT2D eigenvalue weighted by Gasteiger charge is -2.02. The van der Waals surface area contributed by atoms with Crippen LogP contribution in [-0.2, 0) is 16.0 Å².